The Kier molecular flexibility index (Phi) is 4.64. The van der Waals surface area contributed by atoms with Gasteiger partial charge in [0.2, 0.25) is 0 Å². The molecule has 4 aromatic rings. The Bertz CT molecular complexity index is 1390. The van der Waals surface area contributed by atoms with E-state index in [1.165, 1.54) is 0 Å². The van der Waals surface area contributed by atoms with Crippen molar-refractivity contribution >= 4 is 16.7 Å². The van der Waals surface area contributed by atoms with Crippen LogP contribution in [0.15, 0.2) is 65.5 Å². The van der Waals surface area contributed by atoms with Crippen LogP contribution in [0.4, 0.5) is 0 Å². The summed E-state index contributed by atoms with van der Waals surface area (Å²) in [5.41, 5.74) is 4.53. The van der Waals surface area contributed by atoms with Crippen LogP contribution in [-0.2, 0) is 19.7 Å². The fourth-order valence-electron chi connectivity index (χ4n) is 4.20. The lowest BCUT2D eigenvalue weighted by atomic mass is 9.96. The second kappa shape index (κ2) is 7.49. The Morgan fingerprint density at radius 3 is 2.68 bits per heavy atom. The second-order valence-corrected chi connectivity index (χ2v) is 7.83. The number of rotatable bonds is 3. The number of aryl methyl sites for hydroxylation is 1. The summed E-state index contributed by atoms with van der Waals surface area (Å²) in [5.74, 6) is 0.439. The first kappa shape index (κ1) is 19.2. The summed E-state index contributed by atoms with van der Waals surface area (Å²) in [4.78, 5) is 34.0. The maximum atomic E-state index is 13.1. The zero-order valence-electron chi connectivity index (χ0n) is 17.1. The van der Waals surface area contributed by atoms with Gasteiger partial charge < -0.3 is 15.0 Å². The van der Waals surface area contributed by atoms with Gasteiger partial charge in [-0.15, -0.1) is 0 Å². The summed E-state index contributed by atoms with van der Waals surface area (Å²) >= 11 is 0. The Morgan fingerprint density at radius 2 is 1.84 bits per heavy atom. The normalized spacial score (nSPS) is 12.9. The smallest absolute Gasteiger partial charge is 0.256 e. The van der Waals surface area contributed by atoms with Crippen LogP contribution in [0, 0.1) is 6.92 Å². The summed E-state index contributed by atoms with van der Waals surface area (Å²) in [6.07, 6.45) is 0. The SMILES string of the molecule is Cc1nc2c(c(=O)[nH]1)CN(C(=O)c1ccc3cc(-c4ccccc4CO)ccc3c1)C2. The first-order valence-electron chi connectivity index (χ1n) is 10.1. The van der Waals surface area contributed by atoms with Crippen LogP contribution < -0.4 is 5.56 Å². The van der Waals surface area contributed by atoms with Crippen molar-refractivity contribution in [2.24, 2.45) is 0 Å². The van der Waals surface area contributed by atoms with E-state index < -0.39 is 0 Å². The lowest BCUT2D eigenvalue weighted by molar-refractivity contribution is 0.0750. The van der Waals surface area contributed by atoms with Gasteiger partial charge in [-0.25, -0.2) is 4.98 Å². The zero-order valence-corrected chi connectivity index (χ0v) is 17.1. The first-order valence-corrected chi connectivity index (χ1v) is 10.1. The quantitative estimate of drug-likeness (QED) is 0.540. The van der Waals surface area contributed by atoms with Gasteiger partial charge in [0, 0.05) is 5.56 Å². The van der Waals surface area contributed by atoms with E-state index in [1.54, 1.807) is 11.8 Å². The molecule has 6 nitrogen and oxygen atoms in total. The number of fused-ring (bicyclic) bond motifs is 2. The lowest BCUT2D eigenvalue weighted by Crippen LogP contribution is -2.26. The number of aliphatic hydroxyl groups excluding tert-OH is 1. The molecule has 0 atom stereocenters. The predicted molar refractivity (Wildman–Crippen MR) is 118 cm³/mol. The summed E-state index contributed by atoms with van der Waals surface area (Å²) in [5, 5.41) is 11.6. The lowest BCUT2D eigenvalue weighted by Gasteiger charge is -2.15. The number of nitrogens with zero attached hydrogens (tertiary/aromatic N) is 2. The van der Waals surface area contributed by atoms with Crippen LogP contribution in [-0.4, -0.2) is 25.9 Å². The van der Waals surface area contributed by atoms with E-state index in [-0.39, 0.29) is 24.6 Å². The molecule has 0 bridgehead atoms. The Hall–Kier alpha value is -3.77. The molecule has 0 fully saturated rings. The minimum absolute atomic E-state index is 0.0168. The van der Waals surface area contributed by atoms with Gasteiger partial charge in [0.15, 0.2) is 0 Å². The molecule has 0 spiro atoms. The van der Waals surface area contributed by atoms with Gasteiger partial charge in [-0.2, -0.15) is 0 Å². The van der Waals surface area contributed by atoms with E-state index in [4.69, 9.17) is 0 Å². The molecule has 1 aliphatic rings. The number of carbonyl (C=O) groups excluding carboxylic acids is 1. The number of amides is 1. The third kappa shape index (κ3) is 3.41. The molecular formula is C25H21N3O3. The van der Waals surface area contributed by atoms with E-state index in [2.05, 4.69) is 16.0 Å². The minimum atomic E-state index is -0.174. The number of hydrogen-bond acceptors (Lipinski definition) is 4. The van der Waals surface area contributed by atoms with Crippen LogP contribution in [0.5, 0.6) is 0 Å². The molecule has 3 aromatic carbocycles. The molecule has 1 aromatic heterocycles. The highest BCUT2D eigenvalue weighted by Gasteiger charge is 2.28. The molecule has 0 radical (unpaired) electrons. The average molecular weight is 411 g/mol. The Labute approximate surface area is 178 Å². The molecule has 0 saturated carbocycles. The topological polar surface area (TPSA) is 86.3 Å². The van der Waals surface area contributed by atoms with E-state index in [0.29, 0.717) is 29.2 Å². The Morgan fingerprint density at radius 1 is 1.06 bits per heavy atom. The fourth-order valence-corrected chi connectivity index (χ4v) is 4.20. The number of H-pyrrole nitrogens is 1. The molecule has 154 valence electrons. The second-order valence-electron chi connectivity index (χ2n) is 7.83. The van der Waals surface area contributed by atoms with E-state index in [9.17, 15) is 14.7 Å². The van der Waals surface area contributed by atoms with Crippen molar-refractivity contribution in [3.63, 3.8) is 0 Å². The van der Waals surface area contributed by atoms with Crippen molar-refractivity contribution in [2.75, 3.05) is 0 Å². The largest absolute Gasteiger partial charge is 0.392 e. The minimum Gasteiger partial charge on any atom is -0.392 e. The molecule has 0 unspecified atom stereocenters. The van der Waals surface area contributed by atoms with Crippen LogP contribution in [0.25, 0.3) is 21.9 Å². The molecule has 0 saturated heterocycles. The highest BCUT2D eigenvalue weighted by atomic mass is 16.3. The molecule has 31 heavy (non-hydrogen) atoms. The van der Waals surface area contributed by atoms with Crippen molar-refractivity contribution in [3.05, 3.63) is 99.2 Å². The van der Waals surface area contributed by atoms with Crippen LogP contribution in [0.1, 0.15) is 33.0 Å². The Balaban J connectivity index is 1.45. The number of aromatic nitrogens is 2. The van der Waals surface area contributed by atoms with Crippen molar-refractivity contribution < 1.29 is 9.90 Å². The summed E-state index contributed by atoms with van der Waals surface area (Å²) in [6.45, 7) is 2.33. The number of benzene rings is 3. The summed E-state index contributed by atoms with van der Waals surface area (Å²) < 4.78 is 0. The monoisotopic (exact) mass is 411 g/mol. The first-order chi connectivity index (χ1) is 15.0. The number of aromatic amines is 1. The average Bonchev–Trinajstić information content (AvgIpc) is 3.22. The maximum Gasteiger partial charge on any atom is 0.256 e. The van der Waals surface area contributed by atoms with Gasteiger partial charge in [-0.05, 0) is 52.6 Å². The summed E-state index contributed by atoms with van der Waals surface area (Å²) in [6, 6.07) is 19.5. The van der Waals surface area contributed by atoms with Gasteiger partial charge in [0.05, 0.1) is 31.0 Å². The highest BCUT2D eigenvalue weighted by Crippen LogP contribution is 2.29. The number of carbonyl (C=O) groups is 1. The number of aliphatic hydroxyl groups is 1. The van der Waals surface area contributed by atoms with Crippen LogP contribution in [0.2, 0.25) is 0 Å². The summed E-state index contributed by atoms with van der Waals surface area (Å²) in [7, 11) is 0. The van der Waals surface area contributed by atoms with E-state index in [1.807, 2.05) is 54.6 Å². The van der Waals surface area contributed by atoms with Crippen molar-refractivity contribution in [3.8, 4) is 11.1 Å². The standard InChI is InChI=1S/C25H21N3O3/c1-15-26-23-13-28(12-22(23)24(30)27-15)25(31)19-9-7-16-10-18(8-6-17(16)11-19)21-5-3-2-4-20(21)14-29/h2-11,29H,12-14H2,1H3,(H,26,27,30). The number of hydrogen-bond donors (Lipinski definition) is 2. The van der Waals surface area contributed by atoms with Crippen molar-refractivity contribution in [1.82, 2.24) is 14.9 Å². The van der Waals surface area contributed by atoms with Crippen molar-refractivity contribution in [2.45, 2.75) is 26.6 Å². The zero-order chi connectivity index (χ0) is 21.5. The molecular weight excluding hydrogens is 390 g/mol. The van der Waals surface area contributed by atoms with Crippen molar-refractivity contribution in [1.29, 1.82) is 0 Å². The number of nitrogens with one attached hydrogen (secondary N) is 1. The highest BCUT2D eigenvalue weighted by molar-refractivity contribution is 5.99. The van der Waals surface area contributed by atoms with Gasteiger partial charge in [0.25, 0.3) is 11.5 Å². The van der Waals surface area contributed by atoms with E-state index in [0.717, 1.165) is 27.5 Å². The molecule has 1 amide bonds. The molecule has 1 aliphatic heterocycles. The van der Waals surface area contributed by atoms with Gasteiger partial charge >= 0.3 is 0 Å². The third-order valence-electron chi connectivity index (χ3n) is 5.78. The maximum absolute atomic E-state index is 13.1. The van der Waals surface area contributed by atoms with Crippen LogP contribution in [0.3, 0.4) is 0 Å². The molecule has 0 aliphatic carbocycles. The predicted octanol–water partition coefficient (Wildman–Crippen LogP) is 3.55. The molecule has 5 rings (SSSR count). The van der Waals surface area contributed by atoms with Gasteiger partial charge in [-0.1, -0.05) is 42.5 Å². The van der Waals surface area contributed by atoms with Gasteiger partial charge in [-0.3, -0.25) is 9.59 Å². The molecule has 2 N–H and O–H groups in total. The van der Waals surface area contributed by atoms with Gasteiger partial charge in [0.1, 0.15) is 5.82 Å². The van der Waals surface area contributed by atoms with E-state index >= 15 is 0 Å². The molecule has 2 heterocycles. The van der Waals surface area contributed by atoms with Crippen LogP contribution >= 0.6 is 0 Å². The fraction of sp³-hybridized carbons (Fsp3) is 0.160. The molecule has 6 heteroatoms. The third-order valence-corrected chi connectivity index (χ3v) is 5.78.